The number of nitrogens with one attached hydrogen (secondary N) is 1. The first-order chi connectivity index (χ1) is 5.88. The molecule has 0 spiro atoms. The molecule has 1 unspecified atom stereocenters. The molecule has 0 saturated carbocycles. The van der Waals surface area contributed by atoms with Crippen LogP contribution in [0.4, 0.5) is 0 Å². The highest BCUT2D eigenvalue weighted by molar-refractivity contribution is 9.10. The second kappa shape index (κ2) is 3.53. The van der Waals surface area contributed by atoms with Gasteiger partial charge in [-0.05, 0) is 35.3 Å². The van der Waals surface area contributed by atoms with Crippen LogP contribution in [0.15, 0.2) is 10.8 Å². The van der Waals surface area contributed by atoms with Crippen molar-refractivity contribution >= 4 is 15.9 Å². The van der Waals surface area contributed by atoms with Crippen molar-refractivity contribution in [2.75, 3.05) is 13.1 Å². The molecule has 1 saturated heterocycles. The second-order valence-corrected chi connectivity index (χ2v) is 3.81. The SMILES string of the molecule is Brc1cnnn1C1CCCNC1. The van der Waals surface area contributed by atoms with Crippen LogP contribution in [0, 0.1) is 0 Å². The monoisotopic (exact) mass is 230 g/mol. The third-order valence-corrected chi connectivity index (χ3v) is 2.72. The van der Waals surface area contributed by atoms with Gasteiger partial charge in [-0.3, -0.25) is 0 Å². The summed E-state index contributed by atoms with van der Waals surface area (Å²) >= 11 is 3.41. The van der Waals surface area contributed by atoms with E-state index >= 15 is 0 Å². The standard InChI is InChI=1S/C7H11BrN4/c8-7-5-10-11-12(7)6-2-1-3-9-4-6/h5-6,9H,1-4H2. The summed E-state index contributed by atoms with van der Waals surface area (Å²) in [5.74, 6) is 0. The Labute approximate surface area is 79.5 Å². The summed E-state index contributed by atoms with van der Waals surface area (Å²) in [7, 11) is 0. The van der Waals surface area contributed by atoms with Gasteiger partial charge in [-0.25, -0.2) is 4.68 Å². The maximum Gasteiger partial charge on any atom is 0.124 e. The van der Waals surface area contributed by atoms with Crippen LogP contribution < -0.4 is 5.32 Å². The van der Waals surface area contributed by atoms with E-state index in [0.29, 0.717) is 6.04 Å². The molecular formula is C7H11BrN4. The lowest BCUT2D eigenvalue weighted by Gasteiger charge is -2.22. The average Bonchev–Trinajstić information content (AvgIpc) is 2.53. The van der Waals surface area contributed by atoms with Gasteiger partial charge in [0.25, 0.3) is 0 Å². The van der Waals surface area contributed by atoms with Crippen LogP contribution in [-0.4, -0.2) is 28.1 Å². The number of rotatable bonds is 1. The summed E-state index contributed by atoms with van der Waals surface area (Å²) in [6.45, 7) is 2.13. The quantitative estimate of drug-likeness (QED) is 0.782. The summed E-state index contributed by atoms with van der Waals surface area (Å²) in [4.78, 5) is 0. The smallest absolute Gasteiger partial charge is 0.124 e. The minimum atomic E-state index is 0.468. The fourth-order valence-corrected chi connectivity index (χ4v) is 1.97. The minimum absolute atomic E-state index is 0.468. The molecule has 0 aliphatic carbocycles. The normalized spacial score (nSPS) is 24.2. The average molecular weight is 231 g/mol. The van der Waals surface area contributed by atoms with Crippen molar-refractivity contribution in [2.24, 2.45) is 0 Å². The van der Waals surface area contributed by atoms with Crippen LogP contribution in [0.2, 0.25) is 0 Å². The Hall–Kier alpha value is -0.420. The molecule has 1 aromatic rings. The molecular weight excluding hydrogens is 220 g/mol. The number of halogens is 1. The van der Waals surface area contributed by atoms with Crippen LogP contribution in [-0.2, 0) is 0 Å². The van der Waals surface area contributed by atoms with Gasteiger partial charge in [0, 0.05) is 6.54 Å². The maximum atomic E-state index is 4.02. The van der Waals surface area contributed by atoms with Crippen molar-refractivity contribution in [1.82, 2.24) is 20.3 Å². The van der Waals surface area contributed by atoms with Gasteiger partial charge in [0.1, 0.15) is 4.60 Å². The number of aromatic nitrogens is 3. The third kappa shape index (κ3) is 1.51. The van der Waals surface area contributed by atoms with Gasteiger partial charge >= 0.3 is 0 Å². The summed E-state index contributed by atoms with van der Waals surface area (Å²) in [5.41, 5.74) is 0. The number of piperidine rings is 1. The van der Waals surface area contributed by atoms with Crippen LogP contribution >= 0.6 is 15.9 Å². The van der Waals surface area contributed by atoms with E-state index in [9.17, 15) is 0 Å². The molecule has 12 heavy (non-hydrogen) atoms. The summed E-state index contributed by atoms with van der Waals surface area (Å²) in [5, 5.41) is 11.2. The molecule has 1 N–H and O–H groups in total. The lowest BCUT2D eigenvalue weighted by atomic mass is 10.1. The van der Waals surface area contributed by atoms with Gasteiger partial charge in [0.2, 0.25) is 0 Å². The molecule has 4 nitrogen and oxygen atoms in total. The van der Waals surface area contributed by atoms with Gasteiger partial charge in [0.15, 0.2) is 0 Å². The first-order valence-electron chi connectivity index (χ1n) is 4.14. The summed E-state index contributed by atoms with van der Waals surface area (Å²) in [6.07, 6.45) is 4.14. The fourth-order valence-electron chi connectivity index (χ4n) is 1.52. The highest BCUT2D eigenvalue weighted by Crippen LogP contribution is 2.19. The predicted octanol–water partition coefficient (Wildman–Crippen LogP) is 0.965. The molecule has 0 bridgehead atoms. The molecule has 1 aromatic heterocycles. The zero-order valence-electron chi connectivity index (χ0n) is 6.70. The number of nitrogens with zero attached hydrogens (tertiary/aromatic N) is 3. The van der Waals surface area contributed by atoms with Crippen LogP contribution in [0.25, 0.3) is 0 Å². The van der Waals surface area contributed by atoms with Gasteiger partial charge in [-0.1, -0.05) is 5.21 Å². The van der Waals surface area contributed by atoms with Crippen LogP contribution in [0.1, 0.15) is 18.9 Å². The first kappa shape index (κ1) is 8.19. The second-order valence-electron chi connectivity index (χ2n) is 3.00. The van der Waals surface area contributed by atoms with Gasteiger partial charge in [-0.15, -0.1) is 5.10 Å². The van der Waals surface area contributed by atoms with Crippen molar-refractivity contribution < 1.29 is 0 Å². The fraction of sp³-hybridized carbons (Fsp3) is 0.714. The topological polar surface area (TPSA) is 42.7 Å². The largest absolute Gasteiger partial charge is 0.315 e. The van der Waals surface area contributed by atoms with Gasteiger partial charge in [-0.2, -0.15) is 0 Å². The molecule has 1 aliphatic rings. The summed E-state index contributed by atoms with van der Waals surface area (Å²) in [6, 6.07) is 0.468. The molecule has 66 valence electrons. The lowest BCUT2D eigenvalue weighted by molar-refractivity contribution is 0.337. The predicted molar refractivity (Wildman–Crippen MR) is 48.9 cm³/mol. The number of hydrogen-bond acceptors (Lipinski definition) is 3. The van der Waals surface area contributed by atoms with Crippen LogP contribution in [0.5, 0.6) is 0 Å². The minimum Gasteiger partial charge on any atom is -0.315 e. The molecule has 0 amide bonds. The number of hydrogen-bond donors (Lipinski definition) is 1. The molecule has 1 aliphatic heterocycles. The van der Waals surface area contributed by atoms with E-state index in [1.165, 1.54) is 12.8 Å². The van der Waals surface area contributed by atoms with Crippen molar-refractivity contribution in [3.8, 4) is 0 Å². The highest BCUT2D eigenvalue weighted by atomic mass is 79.9. The van der Waals surface area contributed by atoms with E-state index in [0.717, 1.165) is 17.7 Å². The van der Waals surface area contributed by atoms with E-state index in [4.69, 9.17) is 0 Å². The molecule has 2 heterocycles. The molecule has 1 atom stereocenters. The van der Waals surface area contributed by atoms with E-state index < -0.39 is 0 Å². The zero-order valence-corrected chi connectivity index (χ0v) is 8.29. The van der Waals surface area contributed by atoms with E-state index in [1.54, 1.807) is 6.20 Å². The van der Waals surface area contributed by atoms with Crippen molar-refractivity contribution in [3.63, 3.8) is 0 Å². The van der Waals surface area contributed by atoms with E-state index in [-0.39, 0.29) is 0 Å². The Bertz CT molecular complexity index is 254. The molecule has 0 radical (unpaired) electrons. The Morgan fingerprint density at radius 2 is 2.58 bits per heavy atom. The van der Waals surface area contributed by atoms with Crippen molar-refractivity contribution in [3.05, 3.63) is 10.8 Å². The summed E-state index contributed by atoms with van der Waals surface area (Å²) < 4.78 is 2.91. The molecule has 2 rings (SSSR count). The molecule has 0 aromatic carbocycles. The Kier molecular flexibility index (Phi) is 2.41. The maximum absolute atomic E-state index is 4.02. The van der Waals surface area contributed by atoms with E-state index in [1.807, 2.05) is 4.68 Å². The zero-order chi connectivity index (χ0) is 8.39. The highest BCUT2D eigenvalue weighted by Gasteiger charge is 2.17. The Morgan fingerprint density at radius 1 is 1.67 bits per heavy atom. The van der Waals surface area contributed by atoms with Crippen LogP contribution in [0.3, 0.4) is 0 Å². The van der Waals surface area contributed by atoms with Gasteiger partial charge < -0.3 is 5.32 Å². The van der Waals surface area contributed by atoms with E-state index in [2.05, 4.69) is 31.6 Å². The molecule has 1 fully saturated rings. The van der Waals surface area contributed by atoms with Crippen molar-refractivity contribution in [1.29, 1.82) is 0 Å². The lowest BCUT2D eigenvalue weighted by Crippen LogP contribution is -2.32. The Morgan fingerprint density at radius 3 is 3.17 bits per heavy atom. The first-order valence-corrected chi connectivity index (χ1v) is 4.93. The molecule has 5 heteroatoms. The third-order valence-electron chi connectivity index (χ3n) is 2.15. The Balaban J connectivity index is 2.13. The van der Waals surface area contributed by atoms with Gasteiger partial charge in [0.05, 0.1) is 12.2 Å². The van der Waals surface area contributed by atoms with Crippen molar-refractivity contribution in [2.45, 2.75) is 18.9 Å².